The van der Waals surface area contributed by atoms with Gasteiger partial charge in [-0.2, -0.15) is 4.68 Å². The van der Waals surface area contributed by atoms with Crippen LogP contribution in [0.4, 0.5) is 5.95 Å². The predicted molar refractivity (Wildman–Crippen MR) is 72.4 cm³/mol. The molecule has 0 radical (unpaired) electrons. The molecule has 1 aromatic carbocycles. The van der Waals surface area contributed by atoms with Crippen LogP contribution in [0.3, 0.4) is 0 Å². The van der Waals surface area contributed by atoms with E-state index < -0.39 is 0 Å². The normalized spacial score (nSPS) is 10.7. The van der Waals surface area contributed by atoms with Gasteiger partial charge in [-0.25, -0.2) is 0 Å². The minimum atomic E-state index is 0.610. The fraction of sp³-hybridized carbons (Fsp3) is 0.250. The maximum Gasteiger partial charge on any atom is 0.247 e. The summed E-state index contributed by atoms with van der Waals surface area (Å²) in [5.74, 6) is 1.52. The molecule has 102 valence electrons. The fourth-order valence-corrected chi connectivity index (χ4v) is 1.86. The number of para-hydroxylation sites is 1. The summed E-state index contributed by atoms with van der Waals surface area (Å²) in [7, 11) is 1.92. The van der Waals surface area contributed by atoms with E-state index >= 15 is 0 Å². The zero-order chi connectivity index (χ0) is 13.8. The summed E-state index contributed by atoms with van der Waals surface area (Å²) in [6.45, 7) is 0.680. The molecule has 3 aromatic rings. The quantitative estimate of drug-likeness (QED) is 0.724. The third-order valence-electron chi connectivity index (χ3n) is 2.91. The summed E-state index contributed by atoms with van der Waals surface area (Å²) in [5, 5.41) is 22.7. The summed E-state index contributed by atoms with van der Waals surface area (Å²) >= 11 is 0. The van der Waals surface area contributed by atoms with Crippen molar-refractivity contribution in [1.82, 2.24) is 35.0 Å². The van der Waals surface area contributed by atoms with Gasteiger partial charge in [-0.3, -0.25) is 0 Å². The number of nitrogens with one attached hydrogen (secondary N) is 1. The Morgan fingerprint density at radius 2 is 2.00 bits per heavy atom. The molecule has 0 aliphatic heterocycles. The lowest BCUT2D eigenvalue weighted by Crippen LogP contribution is -2.12. The Kier molecular flexibility index (Phi) is 3.36. The van der Waals surface area contributed by atoms with Gasteiger partial charge in [0.15, 0.2) is 0 Å². The molecule has 3 rings (SSSR count). The first-order chi connectivity index (χ1) is 9.84. The molecule has 0 spiro atoms. The van der Waals surface area contributed by atoms with Crippen molar-refractivity contribution in [3.63, 3.8) is 0 Å². The molecular formula is C12H14N8. The lowest BCUT2D eigenvalue weighted by atomic mass is 10.3. The molecule has 2 heterocycles. The van der Waals surface area contributed by atoms with Crippen LogP contribution in [0.1, 0.15) is 5.82 Å². The Labute approximate surface area is 115 Å². The number of rotatable bonds is 5. The van der Waals surface area contributed by atoms with Crippen LogP contribution in [-0.4, -0.2) is 41.5 Å². The van der Waals surface area contributed by atoms with Gasteiger partial charge in [-0.15, -0.1) is 10.2 Å². The van der Waals surface area contributed by atoms with Gasteiger partial charge in [-0.05, 0) is 22.6 Å². The molecule has 0 amide bonds. The second-order valence-corrected chi connectivity index (χ2v) is 4.28. The number of anilines is 1. The Bertz CT molecular complexity index is 672. The maximum absolute atomic E-state index is 4.03. The summed E-state index contributed by atoms with van der Waals surface area (Å²) < 4.78 is 3.55. The molecule has 0 aliphatic carbocycles. The van der Waals surface area contributed by atoms with Crippen molar-refractivity contribution in [2.24, 2.45) is 7.05 Å². The van der Waals surface area contributed by atoms with E-state index in [1.54, 1.807) is 11.0 Å². The smallest absolute Gasteiger partial charge is 0.247 e. The first kappa shape index (κ1) is 12.3. The Morgan fingerprint density at radius 3 is 2.75 bits per heavy atom. The van der Waals surface area contributed by atoms with Gasteiger partial charge < -0.3 is 9.88 Å². The number of aryl methyl sites for hydroxylation is 1. The molecule has 1 N–H and O–H groups in total. The minimum Gasteiger partial charge on any atom is -0.352 e. The van der Waals surface area contributed by atoms with Crippen LogP contribution in [0, 0.1) is 0 Å². The van der Waals surface area contributed by atoms with E-state index in [1.165, 1.54) is 0 Å². The highest BCUT2D eigenvalue weighted by atomic mass is 15.6. The van der Waals surface area contributed by atoms with Crippen LogP contribution >= 0.6 is 0 Å². The molecule has 0 fully saturated rings. The fourth-order valence-electron chi connectivity index (χ4n) is 1.86. The Morgan fingerprint density at radius 1 is 1.15 bits per heavy atom. The summed E-state index contributed by atoms with van der Waals surface area (Å²) in [5.41, 5.74) is 0.915. The number of nitrogens with zero attached hydrogens (tertiary/aromatic N) is 7. The van der Waals surface area contributed by atoms with Gasteiger partial charge in [0.25, 0.3) is 0 Å². The van der Waals surface area contributed by atoms with Crippen molar-refractivity contribution in [3.8, 4) is 5.69 Å². The van der Waals surface area contributed by atoms with E-state index in [-0.39, 0.29) is 0 Å². The van der Waals surface area contributed by atoms with Gasteiger partial charge in [0.05, 0.1) is 5.69 Å². The number of hydrogen-bond acceptors (Lipinski definition) is 6. The average Bonchev–Trinajstić information content (AvgIpc) is 3.10. The second kappa shape index (κ2) is 5.47. The molecule has 0 atom stereocenters. The highest BCUT2D eigenvalue weighted by molar-refractivity contribution is 5.38. The van der Waals surface area contributed by atoms with Gasteiger partial charge in [-0.1, -0.05) is 23.3 Å². The molecule has 8 nitrogen and oxygen atoms in total. The molecule has 0 bridgehead atoms. The van der Waals surface area contributed by atoms with Gasteiger partial charge in [0, 0.05) is 20.0 Å². The molecule has 0 aliphatic rings. The SMILES string of the molecule is Cn1cnnc1CCNc1nnnn1-c1ccccc1. The lowest BCUT2D eigenvalue weighted by molar-refractivity contribution is 0.774. The van der Waals surface area contributed by atoms with Gasteiger partial charge in [0.2, 0.25) is 5.95 Å². The van der Waals surface area contributed by atoms with Crippen LogP contribution in [-0.2, 0) is 13.5 Å². The van der Waals surface area contributed by atoms with Crippen LogP contribution in [0.25, 0.3) is 5.69 Å². The number of hydrogen-bond donors (Lipinski definition) is 1. The lowest BCUT2D eigenvalue weighted by Gasteiger charge is -2.06. The molecule has 20 heavy (non-hydrogen) atoms. The highest BCUT2D eigenvalue weighted by Crippen LogP contribution is 2.10. The molecular weight excluding hydrogens is 256 g/mol. The Hall–Kier alpha value is -2.77. The monoisotopic (exact) mass is 270 g/mol. The molecule has 8 heteroatoms. The third kappa shape index (κ3) is 2.48. The van der Waals surface area contributed by atoms with Crippen molar-refractivity contribution in [3.05, 3.63) is 42.5 Å². The van der Waals surface area contributed by atoms with E-state index in [4.69, 9.17) is 0 Å². The second-order valence-electron chi connectivity index (χ2n) is 4.28. The molecule has 2 aromatic heterocycles. The molecule has 0 saturated carbocycles. The number of aromatic nitrogens is 7. The first-order valence-corrected chi connectivity index (χ1v) is 6.25. The minimum absolute atomic E-state index is 0.610. The van der Waals surface area contributed by atoms with Crippen LogP contribution < -0.4 is 5.32 Å². The highest BCUT2D eigenvalue weighted by Gasteiger charge is 2.07. The van der Waals surface area contributed by atoms with E-state index in [0.717, 1.165) is 17.9 Å². The zero-order valence-corrected chi connectivity index (χ0v) is 11.0. The van der Waals surface area contributed by atoms with E-state index in [1.807, 2.05) is 41.9 Å². The van der Waals surface area contributed by atoms with E-state index in [0.29, 0.717) is 12.5 Å². The van der Waals surface area contributed by atoms with Crippen molar-refractivity contribution >= 4 is 5.95 Å². The third-order valence-corrected chi connectivity index (χ3v) is 2.91. The maximum atomic E-state index is 4.03. The van der Waals surface area contributed by atoms with Crippen LogP contribution in [0.2, 0.25) is 0 Å². The van der Waals surface area contributed by atoms with Crippen LogP contribution in [0.5, 0.6) is 0 Å². The molecule has 0 saturated heterocycles. The summed E-state index contributed by atoms with van der Waals surface area (Å²) in [6, 6.07) is 9.74. The average molecular weight is 270 g/mol. The Balaban J connectivity index is 1.67. The van der Waals surface area contributed by atoms with E-state index in [2.05, 4.69) is 31.0 Å². The predicted octanol–water partition coefficient (Wildman–Crippen LogP) is 0.445. The summed E-state index contributed by atoms with van der Waals surface area (Å²) in [6.07, 6.45) is 2.43. The van der Waals surface area contributed by atoms with Gasteiger partial charge in [0.1, 0.15) is 12.2 Å². The molecule has 0 unspecified atom stereocenters. The van der Waals surface area contributed by atoms with Crippen molar-refractivity contribution < 1.29 is 0 Å². The van der Waals surface area contributed by atoms with Crippen LogP contribution in [0.15, 0.2) is 36.7 Å². The van der Waals surface area contributed by atoms with E-state index in [9.17, 15) is 0 Å². The number of benzene rings is 1. The van der Waals surface area contributed by atoms with Crippen molar-refractivity contribution in [2.75, 3.05) is 11.9 Å². The van der Waals surface area contributed by atoms with Crippen molar-refractivity contribution in [1.29, 1.82) is 0 Å². The number of tetrazole rings is 1. The van der Waals surface area contributed by atoms with Crippen molar-refractivity contribution in [2.45, 2.75) is 6.42 Å². The first-order valence-electron chi connectivity index (χ1n) is 6.25. The van der Waals surface area contributed by atoms with Gasteiger partial charge >= 0.3 is 0 Å². The zero-order valence-electron chi connectivity index (χ0n) is 11.0. The largest absolute Gasteiger partial charge is 0.352 e. The standard InChI is InChI=1S/C12H14N8/c1-19-9-14-15-11(19)7-8-13-12-16-17-18-20(12)10-5-3-2-4-6-10/h2-6,9H,7-8H2,1H3,(H,13,16,18). The summed E-state index contributed by atoms with van der Waals surface area (Å²) in [4.78, 5) is 0. The topological polar surface area (TPSA) is 86.3 Å².